The first-order valence-corrected chi connectivity index (χ1v) is 12.5. The van der Waals surface area contributed by atoms with E-state index in [2.05, 4.69) is 5.32 Å². The van der Waals surface area contributed by atoms with Crippen molar-refractivity contribution in [1.82, 2.24) is 14.5 Å². The van der Waals surface area contributed by atoms with E-state index in [1.54, 1.807) is 4.90 Å². The van der Waals surface area contributed by atoms with Crippen LogP contribution in [0.3, 0.4) is 0 Å². The van der Waals surface area contributed by atoms with E-state index in [0.717, 1.165) is 38.2 Å². The lowest BCUT2D eigenvalue weighted by Crippen LogP contribution is -2.57. The lowest BCUT2D eigenvalue weighted by atomic mass is 9.88. The number of carbonyl (C=O) groups excluding carboxylic acids is 2. The van der Waals surface area contributed by atoms with E-state index in [-0.39, 0.29) is 54.7 Å². The molecule has 31 heavy (non-hydrogen) atoms. The molecule has 0 radical (unpaired) electrons. The molecule has 9 heteroatoms. The summed E-state index contributed by atoms with van der Waals surface area (Å²) in [5.74, 6) is -1.16. The molecule has 1 atom stereocenters. The second kappa shape index (κ2) is 10.1. The third kappa shape index (κ3) is 5.44. The minimum absolute atomic E-state index is 0.0365. The fraction of sp³-hybridized carbons (Fsp3) is 0.636. The number of piperazine rings is 1. The van der Waals surface area contributed by atoms with E-state index < -0.39 is 21.9 Å². The number of benzene rings is 1. The van der Waals surface area contributed by atoms with Crippen LogP contribution in [0.2, 0.25) is 0 Å². The van der Waals surface area contributed by atoms with Crippen LogP contribution in [-0.2, 0) is 19.6 Å². The van der Waals surface area contributed by atoms with Gasteiger partial charge in [0.2, 0.25) is 21.8 Å². The molecule has 1 aliphatic carbocycles. The van der Waals surface area contributed by atoms with Gasteiger partial charge in [0.05, 0.1) is 0 Å². The van der Waals surface area contributed by atoms with E-state index in [4.69, 9.17) is 0 Å². The van der Waals surface area contributed by atoms with Gasteiger partial charge in [-0.1, -0.05) is 45.2 Å². The third-order valence-corrected chi connectivity index (χ3v) is 8.14. The van der Waals surface area contributed by atoms with Gasteiger partial charge in [0.25, 0.3) is 0 Å². The zero-order valence-corrected chi connectivity index (χ0v) is 19.0. The molecular weight excluding hydrogens is 421 g/mol. The van der Waals surface area contributed by atoms with Crippen molar-refractivity contribution in [1.29, 1.82) is 0 Å². The van der Waals surface area contributed by atoms with E-state index in [1.807, 2.05) is 13.8 Å². The van der Waals surface area contributed by atoms with Crippen molar-refractivity contribution >= 4 is 21.8 Å². The molecule has 0 unspecified atom stereocenters. The molecule has 1 N–H and O–H groups in total. The van der Waals surface area contributed by atoms with Gasteiger partial charge >= 0.3 is 0 Å². The maximum absolute atomic E-state index is 14.0. The van der Waals surface area contributed by atoms with Crippen molar-refractivity contribution < 1.29 is 22.4 Å². The van der Waals surface area contributed by atoms with E-state index in [0.29, 0.717) is 0 Å². The van der Waals surface area contributed by atoms with Crippen LogP contribution in [0.25, 0.3) is 0 Å². The molecule has 1 heterocycles. The maximum atomic E-state index is 14.0. The monoisotopic (exact) mass is 453 g/mol. The summed E-state index contributed by atoms with van der Waals surface area (Å²) in [6, 6.07) is 4.66. The van der Waals surface area contributed by atoms with E-state index in [9.17, 15) is 22.4 Å². The highest BCUT2D eigenvalue weighted by Gasteiger charge is 2.36. The summed E-state index contributed by atoms with van der Waals surface area (Å²) in [4.78, 5) is 27.0. The van der Waals surface area contributed by atoms with Crippen LogP contribution in [0, 0.1) is 17.7 Å². The zero-order valence-electron chi connectivity index (χ0n) is 18.2. The number of rotatable bonds is 6. The predicted octanol–water partition coefficient (Wildman–Crippen LogP) is 2.38. The lowest BCUT2D eigenvalue weighted by Gasteiger charge is -2.37. The molecule has 1 aliphatic heterocycles. The van der Waals surface area contributed by atoms with Crippen LogP contribution in [0.4, 0.5) is 4.39 Å². The Balaban J connectivity index is 1.62. The first-order valence-electron chi connectivity index (χ1n) is 11.1. The quantitative estimate of drug-likeness (QED) is 0.717. The Labute approximate surface area is 184 Å². The van der Waals surface area contributed by atoms with Gasteiger partial charge in [-0.25, -0.2) is 12.8 Å². The smallest absolute Gasteiger partial charge is 0.246 e. The molecule has 2 aliphatic rings. The van der Waals surface area contributed by atoms with Gasteiger partial charge in [-0.05, 0) is 30.9 Å². The average molecular weight is 454 g/mol. The molecule has 2 amide bonds. The summed E-state index contributed by atoms with van der Waals surface area (Å²) < 4.78 is 40.8. The summed E-state index contributed by atoms with van der Waals surface area (Å²) in [5.41, 5.74) is 0. The van der Waals surface area contributed by atoms with E-state index >= 15 is 0 Å². The van der Waals surface area contributed by atoms with Crippen LogP contribution in [0.1, 0.15) is 46.0 Å². The minimum Gasteiger partial charge on any atom is -0.344 e. The van der Waals surface area contributed by atoms with Gasteiger partial charge in [0.1, 0.15) is 16.8 Å². The molecule has 0 aromatic heterocycles. The van der Waals surface area contributed by atoms with Gasteiger partial charge in [-0.3, -0.25) is 9.59 Å². The van der Waals surface area contributed by atoms with Gasteiger partial charge in [0.15, 0.2) is 0 Å². The second-order valence-corrected chi connectivity index (χ2v) is 10.6. The minimum atomic E-state index is -3.96. The summed E-state index contributed by atoms with van der Waals surface area (Å²) in [5, 5.41) is 2.95. The van der Waals surface area contributed by atoms with Crippen molar-refractivity contribution in [2.45, 2.75) is 56.9 Å². The van der Waals surface area contributed by atoms with Gasteiger partial charge in [-0.2, -0.15) is 4.31 Å². The molecular formula is C22H32FN3O4S. The van der Waals surface area contributed by atoms with E-state index in [1.165, 1.54) is 22.5 Å². The first kappa shape index (κ1) is 23.7. The van der Waals surface area contributed by atoms with Crippen LogP contribution in [0.15, 0.2) is 29.2 Å². The van der Waals surface area contributed by atoms with Crippen LogP contribution in [-0.4, -0.2) is 61.7 Å². The van der Waals surface area contributed by atoms with Crippen molar-refractivity contribution in [3.63, 3.8) is 0 Å². The van der Waals surface area contributed by atoms with Crippen molar-refractivity contribution in [3.8, 4) is 0 Å². The summed E-state index contributed by atoms with van der Waals surface area (Å²) in [6.07, 6.45) is 4.94. The number of amides is 2. The highest BCUT2D eigenvalue weighted by Crippen LogP contribution is 2.25. The zero-order chi connectivity index (χ0) is 22.6. The Morgan fingerprint density at radius 1 is 1.03 bits per heavy atom. The molecule has 1 saturated carbocycles. The molecule has 0 spiro atoms. The fourth-order valence-corrected chi connectivity index (χ4v) is 5.78. The number of hydrogen-bond donors (Lipinski definition) is 1. The second-order valence-electron chi connectivity index (χ2n) is 8.73. The van der Waals surface area contributed by atoms with Crippen LogP contribution < -0.4 is 5.32 Å². The number of nitrogens with zero attached hydrogens (tertiary/aromatic N) is 2. The van der Waals surface area contributed by atoms with Crippen molar-refractivity contribution in [3.05, 3.63) is 30.1 Å². The Kier molecular flexibility index (Phi) is 7.69. The van der Waals surface area contributed by atoms with Gasteiger partial charge in [-0.15, -0.1) is 0 Å². The summed E-state index contributed by atoms with van der Waals surface area (Å²) in [6.45, 7) is 4.36. The predicted molar refractivity (Wildman–Crippen MR) is 115 cm³/mol. The van der Waals surface area contributed by atoms with Crippen LogP contribution in [0.5, 0.6) is 0 Å². The highest BCUT2D eigenvalue weighted by atomic mass is 32.2. The first-order chi connectivity index (χ1) is 14.7. The van der Waals surface area contributed by atoms with Crippen molar-refractivity contribution in [2.75, 3.05) is 26.2 Å². The Morgan fingerprint density at radius 3 is 2.23 bits per heavy atom. The Bertz CT molecular complexity index is 892. The topological polar surface area (TPSA) is 86.8 Å². The summed E-state index contributed by atoms with van der Waals surface area (Å²) >= 11 is 0. The number of hydrogen-bond acceptors (Lipinski definition) is 4. The standard InChI is InChI=1S/C22H32FN3O4S/c1-16(2)20(24-21(27)17-8-4-3-5-9-17)22(28)25-12-14-26(15-13-25)31(29,30)19-11-7-6-10-18(19)23/h6-7,10-11,16-17,20H,3-5,8-9,12-15H2,1-2H3,(H,24,27)/t20-/m0/s1. The lowest BCUT2D eigenvalue weighted by molar-refractivity contribution is -0.139. The Hall–Kier alpha value is -2.00. The van der Waals surface area contributed by atoms with Gasteiger partial charge < -0.3 is 10.2 Å². The number of sulfonamides is 1. The fourth-order valence-electron chi connectivity index (χ4n) is 4.29. The maximum Gasteiger partial charge on any atom is 0.246 e. The van der Waals surface area contributed by atoms with Crippen molar-refractivity contribution in [2.24, 2.45) is 11.8 Å². The number of halogens is 1. The largest absolute Gasteiger partial charge is 0.344 e. The molecule has 1 saturated heterocycles. The average Bonchev–Trinajstić information content (AvgIpc) is 2.77. The molecule has 1 aromatic carbocycles. The molecule has 3 rings (SSSR count). The number of nitrogens with one attached hydrogen (secondary N) is 1. The SMILES string of the molecule is CC(C)[C@H](NC(=O)C1CCCCC1)C(=O)N1CCN(S(=O)(=O)c2ccccc2F)CC1. The normalized spacial score (nSPS) is 19.9. The Morgan fingerprint density at radius 2 is 1.65 bits per heavy atom. The molecule has 7 nitrogen and oxygen atoms in total. The molecule has 2 fully saturated rings. The summed E-state index contributed by atoms with van der Waals surface area (Å²) in [7, 11) is -3.96. The molecule has 172 valence electrons. The number of carbonyl (C=O) groups is 2. The molecule has 1 aromatic rings. The highest BCUT2D eigenvalue weighted by molar-refractivity contribution is 7.89. The van der Waals surface area contributed by atoms with Gasteiger partial charge in [0, 0.05) is 32.1 Å². The van der Waals surface area contributed by atoms with Crippen LogP contribution >= 0.6 is 0 Å². The molecule has 0 bridgehead atoms. The third-order valence-electron chi connectivity index (χ3n) is 6.21.